The average Bonchev–Trinajstić information content (AvgIpc) is 2.76. The molecule has 0 radical (unpaired) electrons. The number of aromatic nitrogens is 2. The minimum absolute atomic E-state index is 0.255. The number of nitrogens with zero attached hydrogens (tertiary/aromatic N) is 2. The summed E-state index contributed by atoms with van der Waals surface area (Å²) in [6, 6.07) is 18.8. The zero-order chi connectivity index (χ0) is 19.8. The van der Waals surface area contributed by atoms with Gasteiger partial charge in [0.05, 0.1) is 14.2 Å². The molecule has 0 saturated carbocycles. The number of anilines is 1. The fourth-order valence-electron chi connectivity index (χ4n) is 2.60. The Bertz CT molecular complexity index is 915. The number of rotatable bonds is 8. The molecule has 0 aliphatic heterocycles. The van der Waals surface area contributed by atoms with E-state index in [1.54, 1.807) is 32.4 Å². The Kier molecular flexibility index (Phi) is 6.41. The summed E-state index contributed by atoms with van der Waals surface area (Å²) < 4.78 is 10.5. The first-order valence-corrected chi connectivity index (χ1v) is 8.80. The number of hydrogen-bond donors (Lipinski definition) is 2. The lowest BCUT2D eigenvalue weighted by Gasteiger charge is -2.10. The Labute approximate surface area is 163 Å². The second-order valence-corrected chi connectivity index (χ2v) is 6.01. The van der Waals surface area contributed by atoms with Crippen LogP contribution in [-0.2, 0) is 13.1 Å². The third kappa shape index (κ3) is 4.97. The maximum atomic E-state index is 12.3. The van der Waals surface area contributed by atoms with E-state index in [-0.39, 0.29) is 11.6 Å². The van der Waals surface area contributed by atoms with Gasteiger partial charge in [-0.15, -0.1) is 10.2 Å². The highest BCUT2D eigenvalue weighted by molar-refractivity contribution is 5.92. The molecule has 3 aromatic rings. The average molecular weight is 378 g/mol. The van der Waals surface area contributed by atoms with Crippen LogP contribution in [0.15, 0.2) is 60.7 Å². The van der Waals surface area contributed by atoms with Gasteiger partial charge in [-0.3, -0.25) is 4.79 Å². The van der Waals surface area contributed by atoms with Crippen molar-refractivity contribution in [2.45, 2.75) is 13.1 Å². The van der Waals surface area contributed by atoms with Gasteiger partial charge in [0.15, 0.2) is 17.2 Å². The summed E-state index contributed by atoms with van der Waals surface area (Å²) in [5, 5.41) is 14.1. The molecule has 0 saturated heterocycles. The maximum Gasteiger partial charge on any atom is 0.272 e. The smallest absolute Gasteiger partial charge is 0.272 e. The van der Waals surface area contributed by atoms with Gasteiger partial charge in [0.2, 0.25) is 0 Å². The van der Waals surface area contributed by atoms with Crippen molar-refractivity contribution in [3.63, 3.8) is 0 Å². The molecule has 0 bridgehead atoms. The van der Waals surface area contributed by atoms with Crippen molar-refractivity contribution in [1.82, 2.24) is 15.5 Å². The van der Waals surface area contributed by atoms with E-state index in [0.717, 1.165) is 11.1 Å². The van der Waals surface area contributed by atoms with E-state index in [2.05, 4.69) is 20.8 Å². The van der Waals surface area contributed by atoms with Crippen LogP contribution in [0.5, 0.6) is 11.5 Å². The number of nitrogens with one attached hydrogen (secondary N) is 2. The Hall–Kier alpha value is -3.61. The van der Waals surface area contributed by atoms with Gasteiger partial charge >= 0.3 is 0 Å². The lowest BCUT2D eigenvalue weighted by Crippen LogP contribution is -2.24. The molecule has 3 rings (SSSR count). The van der Waals surface area contributed by atoms with Gasteiger partial charge in [-0.2, -0.15) is 0 Å². The number of benzene rings is 2. The van der Waals surface area contributed by atoms with E-state index in [1.165, 1.54) is 0 Å². The minimum atomic E-state index is -0.295. The van der Waals surface area contributed by atoms with Crippen molar-refractivity contribution in [3.05, 3.63) is 77.5 Å². The van der Waals surface area contributed by atoms with E-state index in [1.807, 2.05) is 42.5 Å². The zero-order valence-electron chi connectivity index (χ0n) is 15.8. The van der Waals surface area contributed by atoms with Crippen molar-refractivity contribution in [2.75, 3.05) is 19.5 Å². The van der Waals surface area contributed by atoms with Crippen LogP contribution in [0.25, 0.3) is 0 Å². The molecule has 0 atom stereocenters. The molecule has 0 unspecified atom stereocenters. The lowest BCUT2D eigenvalue weighted by molar-refractivity contribution is 0.0945. The highest BCUT2D eigenvalue weighted by Gasteiger charge is 2.10. The second-order valence-electron chi connectivity index (χ2n) is 6.01. The monoisotopic (exact) mass is 378 g/mol. The summed E-state index contributed by atoms with van der Waals surface area (Å²) in [5.74, 6) is 1.57. The Morgan fingerprint density at radius 1 is 0.857 bits per heavy atom. The van der Waals surface area contributed by atoms with Crippen LogP contribution in [0.1, 0.15) is 21.6 Å². The molecule has 28 heavy (non-hydrogen) atoms. The number of methoxy groups -OCH3 is 2. The number of carbonyl (C=O) groups excluding carboxylic acids is 1. The van der Waals surface area contributed by atoms with Gasteiger partial charge in [-0.25, -0.2) is 0 Å². The maximum absolute atomic E-state index is 12.3. The Balaban J connectivity index is 1.54. The zero-order valence-corrected chi connectivity index (χ0v) is 15.8. The summed E-state index contributed by atoms with van der Waals surface area (Å²) in [7, 11) is 3.15. The van der Waals surface area contributed by atoms with E-state index in [0.29, 0.717) is 30.4 Å². The number of amides is 1. The molecule has 2 aromatic carbocycles. The first-order valence-electron chi connectivity index (χ1n) is 8.80. The van der Waals surface area contributed by atoms with Crippen LogP contribution in [-0.4, -0.2) is 30.3 Å². The molecule has 7 heteroatoms. The Morgan fingerprint density at radius 2 is 1.64 bits per heavy atom. The van der Waals surface area contributed by atoms with Crippen LogP contribution < -0.4 is 20.1 Å². The van der Waals surface area contributed by atoms with Gasteiger partial charge in [-0.1, -0.05) is 36.4 Å². The molecule has 144 valence electrons. The summed E-state index contributed by atoms with van der Waals surface area (Å²) in [5.41, 5.74) is 2.28. The Morgan fingerprint density at radius 3 is 2.32 bits per heavy atom. The quantitative estimate of drug-likeness (QED) is 0.627. The van der Waals surface area contributed by atoms with E-state index in [4.69, 9.17) is 9.47 Å². The molecule has 7 nitrogen and oxygen atoms in total. The summed E-state index contributed by atoms with van der Waals surface area (Å²) in [6.07, 6.45) is 0. The molecule has 2 N–H and O–H groups in total. The summed E-state index contributed by atoms with van der Waals surface area (Å²) >= 11 is 0. The third-order valence-electron chi connectivity index (χ3n) is 4.11. The third-order valence-corrected chi connectivity index (χ3v) is 4.11. The number of carbonyl (C=O) groups is 1. The molecule has 0 spiro atoms. The van der Waals surface area contributed by atoms with Crippen LogP contribution >= 0.6 is 0 Å². The van der Waals surface area contributed by atoms with Crippen molar-refractivity contribution >= 4 is 11.7 Å². The van der Waals surface area contributed by atoms with Crippen molar-refractivity contribution < 1.29 is 14.3 Å². The molecule has 1 amide bonds. The fraction of sp³-hybridized carbons (Fsp3) is 0.190. The van der Waals surface area contributed by atoms with Crippen LogP contribution in [0.3, 0.4) is 0 Å². The van der Waals surface area contributed by atoms with Crippen LogP contribution in [0.4, 0.5) is 5.82 Å². The molecule has 0 aliphatic carbocycles. The van der Waals surface area contributed by atoms with Gasteiger partial charge in [0.25, 0.3) is 5.91 Å². The molecule has 1 heterocycles. The first kappa shape index (κ1) is 19.2. The largest absolute Gasteiger partial charge is 0.493 e. The van der Waals surface area contributed by atoms with Crippen molar-refractivity contribution in [2.24, 2.45) is 0 Å². The van der Waals surface area contributed by atoms with Crippen molar-refractivity contribution in [3.8, 4) is 11.5 Å². The highest BCUT2D eigenvalue weighted by atomic mass is 16.5. The summed E-state index contributed by atoms with van der Waals surface area (Å²) in [4.78, 5) is 12.3. The molecule has 0 fully saturated rings. The normalized spacial score (nSPS) is 10.2. The molecule has 0 aliphatic rings. The number of ether oxygens (including phenoxy) is 2. The van der Waals surface area contributed by atoms with Gasteiger partial charge in [-0.05, 0) is 35.4 Å². The predicted molar refractivity (Wildman–Crippen MR) is 107 cm³/mol. The highest BCUT2D eigenvalue weighted by Crippen LogP contribution is 2.27. The van der Waals surface area contributed by atoms with Crippen molar-refractivity contribution in [1.29, 1.82) is 0 Å². The van der Waals surface area contributed by atoms with Crippen LogP contribution in [0.2, 0.25) is 0 Å². The SMILES string of the molecule is COc1ccc(CNC(=O)c2ccc(NCc3ccccc3)nn2)cc1OC. The topological polar surface area (TPSA) is 85.4 Å². The molecule has 1 aromatic heterocycles. The van der Waals surface area contributed by atoms with Gasteiger partial charge < -0.3 is 20.1 Å². The van der Waals surface area contributed by atoms with Gasteiger partial charge in [0, 0.05) is 13.1 Å². The van der Waals surface area contributed by atoms with E-state index >= 15 is 0 Å². The molecular formula is C21H22N4O3. The van der Waals surface area contributed by atoms with E-state index in [9.17, 15) is 4.79 Å². The minimum Gasteiger partial charge on any atom is -0.493 e. The first-order chi connectivity index (χ1) is 13.7. The fourth-order valence-corrected chi connectivity index (χ4v) is 2.60. The standard InChI is InChI=1S/C21H22N4O3/c1-27-18-10-8-16(12-19(18)28-2)14-23-21(26)17-9-11-20(25-24-17)22-13-15-6-4-3-5-7-15/h3-12H,13-14H2,1-2H3,(H,22,25)(H,23,26). The van der Waals surface area contributed by atoms with Crippen LogP contribution in [0, 0.1) is 0 Å². The summed E-state index contributed by atoms with van der Waals surface area (Å²) in [6.45, 7) is 0.981. The second kappa shape index (κ2) is 9.36. The number of hydrogen-bond acceptors (Lipinski definition) is 6. The van der Waals surface area contributed by atoms with E-state index < -0.39 is 0 Å². The predicted octanol–water partition coefficient (Wildman–Crippen LogP) is 3.04. The lowest BCUT2D eigenvalue weighted by atomic mass is 10.2. The molecular weight excluding hydrogens is 356 g/mol. The van der Waals surface area contributed by atoms with Gasteiger partial charge in [0.1, 0.15) is 5.82 Å².